The number of hydrogen-bond donors (Lipinski definition) is 1. The number of carbonyl (C=O) groups is 1. The van der Waals surface area contributed by atoms with Gasteiger partial charge in [0, 0.05) is 23.2 Å². The van der Waals surface area contributed by atoms with Gasteiger partial charge in [-0.3, -0.25) is 4.79 Å². The first-order valence-corrected chi connectivity index (χ1v) is 8.62. The lowest BCUT2D eigenvalue weighted by Gasteiger charge is -2.20. The normalized spacial score (nSPS) is 12.2. The molecule has 2 N–H and O–H groups in total. The van der Waals surface area contributed by atoms with Crippen LogP contribution < -0.4 is 11.0 Å². The van der Waals surface area contributed by atoms with E-state index >= 15 is 0 Å². The van der Waals surface area contributed by atoms with Crippen LogP contribution in [-0.2, 0) is 4.52 Å². The molecule has 0 radical (unpaired) electrons. The molecule has 2 aromatic rings. The number of benzene rings is 2. The standard InChI is InChI=1S/C18H22NO2P/c1-5-21-22(15-9-7-6-8-10-15)18(20)16-12(2)11-13(3)17(19)14(16)4/h6-11H,5,19H2,1-4H3. The minimum Gasteiger partial charge on any atom is -0.398 e. The van der Waals surface area contributed by atoms with Crippen molar-refractivity contribution in [1.29, 1.82) is 0 Å². The second-order valence-corrected chi connectivity index (χ2v) is 7.05. The van der Waals surface area contributed by atoms with E-state index in [1.807, 2.05) is 64.1 Å². The average Bonchev–Trinajstić information content (AvgIpc) is 2.51. The fraction of sp³-hybridized carbons (Fsp3) is 0.278. The number of nitrogen functional groups attached to an aromatic ring is 1. The van der Waals surface area contributed by atoms with E-state index in [0.717, 1.165) is 22.0 Å². The van der Waals surface area contributed by atoms with Crippen LogP contribution in [-0.4, -0.2) is 12.1 Å². The van der Waals surface area contributed by atoms with E-state index in [4.69, 9.17) is 10.3 Å². The Morgan fingerprint density at radius 1 is 1.14 bits per heavy atom. The lowest BCUT2D eigenvalue weighted by molar-refractivity contribution is 0.106. The molecule has 0 fully saturated rings. The second kappa shape index (κ2) is 7.04. The summed E-state index contributed by atoms with van der Waals surface area (Å²) in [6.45, 7) is 8.25. The second-order valence-electron chi connectivity index (χ2n) is 5.28. The van der Waals surface area contributed by atoms with Gasteiger partial charge in [0.05, 0.1) is 0 Å². The molecule has 0 bridgehead atoms. The Balaban J connectivity index is 2.51. The van der Waals surface area contributed by atoms with Crippen LogP contribution in [0.15, 0.2) is 36.4 Å². The summed E-state index contributed by atoms with van der Waals surface area (Å²) in [5.74, 6) is 0. The minimum absolute atomic E-state index is 0.0322. The summed E-state index contributed by atoms with van der Waals surface area (Å²) < 4.78 is 5.80. The Morgan fingerprint density at radius 3 is 2.36 bits per heavy atom. The van der Waals surface area contributed by atoms with E-state index in [2.05, 4.69) is 0 Å². The maximum Gasteiger partial charge on any atom is 0.216 e. The first kappa shape index (κ1) is 16.7. The topological polar surface area (TPSA) is 52.3 Å². The highest BCUT2D eigenvalue weighted by Gasteiger charge is 2.26. The Morgan fingerprint density at radius 2 is 1.77 bits per heavy atom. The predicted molar refractivity (Wildman–Crippen MR) is 94.0 cm³/mol. The smallest absolute Gasteiger partial charge is 0.216 e. The number of rotatable bonds is 5. The summed E-state index contributed by atoms with van der Waals surface area (Å²) in [4.78, 5) is 13.1. The van der Waals surface area contributed by atoms with Crippen LogP contribution in [0.25, 0.3) is 0 Å². The number of nitrogens with two attached hydrogens (primary N) is 1. The van der Waals surface area contributed by atoms with E-state index in [1.54, 1.807) is 0 Å². The van der Waals surface area contributed by atoms with E-state index in [1.165, 1.54) is 0 Å². The molecule has 0 saturated heterocycles. The number of hydrogen-bond acceptors (Lipinski definition) is 3. The maximum absolute atomic E-state index is 13.1. The van der Waals surface area contributed by atoms with Crippen LogP contribution in [0.5, 0.6) is 0 Å². The van der Waals surface area contributed by atoms with Crippen molar-refractivity contribution in [2.75, 3.05) is 12.3 Å². The quantitative estimate of drug-likeness (QED) is 0.668. The molecule has 2 rings (SSSR count). The fourth-order valence-corrected chi connectivity index (χ4v) is 4.32. The van der Waals surface area contributed by atoms with Crippen LogP contribution >= 0.6 is 8.15 Å². The summed E-state index contributed by atoms with van der Waals surface area (Å²) in [5.41, 5.74) is 10.4. The molecule has 0 aliphatic rings. The molecule has 0 aliphatic heterocycles. The van der Waals surface area contributed by atoms with Crippen LogP contribution in [0.3, 0.4) is 0 Å². The Bertz CT molecular complexity index is 683. The van der Waals surface area contributed by atoms with Gasteiger partial charge in [-0.25, -0.2) is 0 Å². The molecule has 22 heavy (non-hydrogen) atoms. The third kappa shape index (κ3) is 3.21. The zero-order valence-electron chi connectivity index (χ0n) is 13.5. The highest BCUT2D eigenvalue weighted by atomic mass is 31.1. The van der Waals surface area contributed by atoms with E-state index in [-0.39, 0.29) is 5.52 Å². The maximum atomic E-state index is 13.1. The van der Waals surface area contributed by atoms with Crippen molar-refractivity contribution in [3.8, 4) is 0 Å². The van der Waals surface area contributed by atoms with E-state index in [9.17, 15) is 4.79 Å². The van der Waals surface area contributed by atoms with Crippen molar-refractivity contribution in [2.24, 2.45) is 0 Å². The predicted octanol–water partition coefficient (Wildman–Crippen LogP) is 4.09. The lowest BCUT2D eigenvalue weighted by atomic mass is 9.98. The molecule has 1 unspecified atom stereocenters. The summed E-state index contributed by atoms with van der Waals surface area (Å²) in [6.07, 6.45) is 0. The molecule has 0 spiro atoms. The van der Waals surface area contributed by atoms with Crippen LogP contribution in [0.1, 0.15) is 34.0 Å². The molecule has 0 heterocycles. The molecule has 0 amide bonds. The van der Waals surface area contributed by atoms with Crippen molar-refractivity contribution < 1.29 is 9.32 Å². The van der Waals surface area contributed by atoms with Gasteiger partial charge in [0.1, 0.15) is 8.15 Å². The molecule has 0 saturated carbocycles. The third-order valence-electron chi connectivity index (χ3n) is 3.68. The monoisotopic (exact) mass is 315 g/mol. The third-order valence-corrected chi connectivity index (χ3v) is 5.55. The zero-order chi connectivity index (χ0) is 16.3. The van der Waals surface area contributed by atoms with Gasteiger partial charge in [-0.1, -0.05) is 36.4 Å². The SMILES string of the molecule is CCOP(C(=O)c1c(C)cc(C)c(N)c1C)c1ccccc1. The van der Waals surface area contributed by atoms with Gasteiger partial charge >= 0.3 is 0 Å². The molecule has 0 aliphatic carbocycles. The number of anilines is 1. The van der Waals surface area contributed by atoms with Crippen molar-refractivity contribution in [3.63, 3.8) is 0 Å². The summed E-state index contributed by atoms with van der Waals surface area (Å²) in [5, 5.41) is 0.933. The molecule has 1 atom stereocenters. The van der Waals surface area contributed by atoms with Crippen molar-refractivity contribution in [2.45, 2.75) is 27.7 Å². The van der Waals surface area contributed by atoms with Gasteiger partial charge in [-0.05, 0) is 44.4 Å². The Kier molecular flexibility index (Phi) is 5.33. The Hall–Kier alpha value is -1.70. The summed E-state index contributed by atoms with van der Waals surface area (Å²) in [7, 11) is -1.34. The summed E-state index contributed by atoms with van der Waals surface area (Å²) in [6, 6.07) is 11.7. The lowest BCUT2D eigenvalue weighted by Crippen LogP contribution is -2.14. The van der Waals surface area contributed by atoms with Gasteiger partial charge in [0.25, 0.3) is 0 Å². The van der Waals surface area contributed by atoms with Crippen LogP contribution in [0, 0.1) is 20.8 Å². The highest BCUT2D eigenvalue weighted by molar-refractivity contribution is 7.78. The van der Waals surface area contributed by atoms with Gasteiger partial charge < -0.3 is 10.3 Å². The minimum atomic E-state index is -1.34. The average molecular weight is 315 g/mol. The first-order valence-electron chi connectivity index (χ1n) is 7.36. The van der Waals surface area contributed by atoms with E-state index in [0.29, 0.717) is 17.9 Å². The molecular formula is C18H22NO2P. The molecule has 4 heteroatoms. The van der Waals surface area contributed by atoms with Crippen molar-refractivity contribution in [1.82, 2.24) is 0 Å². The highest BCUT2D eigenvalue weighted by Crippen LogP contribution is 2.42. The molecule has 2 aromatic carbocycles. The van der Waals surface area contributed by atoms with Gasteiger partial charge in [-0.15, -0.1) is 0 Å². The van der Waals surface area contributed by atoms with Gasteiger partial charge in [0.15, 0.2) is 0 Å². The van der Waals surface area contributed by atoms with Gasteiger partial charge in [-0.2, -0.15) is 0 Å². The van der Waals surface area contributed by atoms with E-state index < -0.39 is 8.15 Å². The molecule has 3 nitrogen and oxygen atoms in total. The summed E-state index contributed by atoms with van der Waals surface area (Å²) >= 11 is 0. The first-order chi connectivity index (χ1) is 10.5. The van der Waals surface area contributed by atoms with Crippen molar-refractivity contribution in [3.05, 3.63) is 58.7 Å². The molecular weight excluding hydrogens is 293 g/mol. The molecule has 0 aromatic heterocycles. The number of carbonyl (C=O) groups excluding carboxylic acids is 1. The largest absolute Gasteiger partial charge is 0.398 e. The number of aryl methyl sites for hydroxylation is 2. The van der Waals surface area contributed by atoms with Gasteiger partial charge in [0.2, 0.25) is 5.52 Å². The Labute approximate surface area is 133 Å². The molecule has 116 valence electrons. The van der Waals surface area contributed by atoms with Crippen LogP contribution in [0.2, 0.25) is 0 Å². The van der Waals surface area contributed by atoms with Crippen molar-refractivity contribution >= 4 is 24.7 Å². The fourth-order valence-electron chi connectivity index (χ4n) is 2.57. The van der Waals surface area contributed by atoms with Crippen LogP contribution in [0.4, 0.5) is 5.69 Å². The zero-order valence-corrected chi connectivity index (χ0v) is 14.4.